The third-order valence-corrected chi connectivity index (χ3v) is 5.57. The molecule has 0 unspecified atom stereocenters. The molecule has 3 aromatic rings. The molecule has 0 spiro atoms. The van der Waals surface area contributed by atoms with E-state index in [4.69, 9.17) is 4.74 Å². The molecule has 9 heteroatoms. The Kier molecular flexibility index (Phi) is 4.95. The number of H-pyrrole nitrogens is 1. The number of carboxylic acids is 1. The number of carboxylic acid groups (broad SMARTS) is 1. The number of halogens is 1. The van der Waals surface area contributed by atoms with Crippen LogP contribution in [0.1, 0.15) is 27.9 Å². The molecule has 0 bridgehead atoms. The molecule has 2 aliphatic heterocycles. The highest BCUT2D eigenvalue weighted by Crippen LogP contribution is 2.41. The summed E-state index contributed by atoms with van der Waals surface area (Å²) in [6.45, 7) is 0.620. The number of aliphatic carboxylic acids is 1. The second kappa shape index (κ2) is 7.93. The maximum atomic E-state index is 13.8. The van der Waals surface area contributed by atoms with E-state index in [1.54, 1.807) is 6.20 Å². The smallest absolute Gasteiger partial charge is 0.321 e. The number of rotatable bonds is 6. The van der Waals surface area contributed by atoms with Crippen LogP contribution in [0, 0.1) is 5.82 Å². The number of nitrogens with one attached hydrogen (secondary N) is 3. The largest absolute Gasteiger partial charge is 0.487 e. The highest BCUT2D eigenvalue weighted by Gasteiger charge is 2.32. The van der Waals surface area contributed by atoms with Crippen molar-refractivity contribution in [3.63, 3.8) is 0 Å². The minimum atomic E-state index is -0.950. The second-order valence-electron chi connectivity index (χ2n) is 7.68. The number of hydrogen-bond acceptors (Lipinski definition) is 5. The first-order valence-corrected chi connectivity index (χ1v) is 10.0. The Morgan fingerprint density at radius 2 is 2.12 bits per heavy atom. The van der Waals surface area contributed by atoms with Crippen molar-refractivity contribution in [3.05, 3.63) is 82.7 Å². The Balaban J connectivity index is 1.38. The second-order valence-corrected chi connectivity index (χ2v) is 7.68. The van der Waals surface area contributed by atoms with E-state index in [1.807, 2.05) is 18.2 Å². The summed E-state index contributed by atoms with van der Waals surface area (Å²) in [5.41, 5.74) is 4.61. The van der Waals surface area contributed by atoms with Crippen molar-refractivity contribution >= 4 is 28.9 Å². The van der Waals surface area contributed by atoms with E-state index in [2.05, 4.69) is 20.6 Å². The van der Waals surface area contributed by atoms with Gasteiger partial charge >= 0.3 is 5.97 Å². The fourth-order valence-corrected chi connectivity index (χ4v) is 4.00. The Labute approximate surface area is 182 Å². The number of aromatic amines is 1. The molecule has 8 nitrogen and oxygen atoms in total. The van der Waals surface area contributed by atoms with E-state index in [1.165, 1.54) is 24.5 Å². The number of carbonyl (C=O) groups is 2. The van der Waals surface area contributed by atoms with Gasteiger partial charge in [-0.25, -0.2) is 9.37 Å². The summed E-state index contributed by atoms with van der Waals surface area (Å²) in [5, 5.41) is 15.3. The molecule has 0 saturated carbocycles. The molecule has 2 aromatic carbocycles. The van der Waals surface area contributed by atoms with Crippen LogP contribution < -0.4 is 10.6 Å². The summed E-state index contributed by atoms with van der Waals surface area (Å²) in [7, 11) is 0. The van der Waals surface area contributed by atoms with E-state index in [-0.39, 0.29) is 18.9 Å². The summed E-state index contributed by atoms with van der Waals surface area (Å²) in [4.78, 5) is 30.9. The molecule has 0 radical (unpaired) electrons. The SMILES string of the molecule is O=C1Nc2ccc(F)cc2/C1=C1\OCc2cc(CN[C@@H](Cc3cnc[nH]3)C(=O)O)ccc21. The first-order chi connectivity index (χ1) is 15.5. The molecular weight excluding hydrogens is 415 g/mol. The fourth-order valence-electron chi connectivity index (χ4n) is 4.00. The van der Waals surface area contributed by atoms with Crippen molar-refractivity contribution in [1.82, 2.24) is 15.3 Å². The number of aromatic nitrogens is 2. The fraction of sp³-hybridized carbons (Fsp3) is 0.174. The zero-order valence-corrected chi connectivity index (χ0v) is 16.8. The lowest BCUT2D eigenvalue weighted by atomic mass is 9.99. The molecule has 32 heavy (non-hydrogen) atoms. The molecule has 0 aliphatic carbocycles. The van der Waals surface area contributed by atoms with Gasteiger partial charge in [-0.1, -0.05) is 18.2 Å². The Morgan fingerprint density at radius 3 is 2.91 bits per heavy atom. The van der Waals surface area contributed by atoms with Gasteiger partial charge < -0.3 is 20.1 Å². The minimum absolute atomic E-state index is 0.274. The lowest BCUT2D eigenvalue weighted by molar-refractivity contribution is -0.139. The number of amides is 1. The quantitative estimate of drug-likeness (QED) is 0.444. The lowest BCUT2D eigenvalue weighted by Gasteiger charge is -2.14. The topological polar surface area (TPSA) is 116 Å². The predicted molar refractivity (Wildman–Crippen MR) is 114 cm³/mol. The van der Waals surface area contributed by atoms with Crippen molar-refractivity contribution in [2.45, 2.75) is 25.6 Å². The molecule has 2 aliphatic rings. The molecule has 4 N–H and O–H groups in total. The van der Waals surface area contributed by atoms with Gasteiger partial charge in [0.2, 0.25) is 0 Å². The standard InChI is InChI=1S/C23H19FN4O4/c24-14-2-4-18-17(6-14)20(22(29)28-18)21-16-3-1-12(5-13(16)10-32-21)8-26-19(23(30)31)7-15-9-25-11-27-15/h1-6,9,11,19,26H,7-8,10H2,(H,25,27)(H,28,29)(H,30,31)/b21-20+/t19-/m0/s1. The van der Waals surface area contributed by atoms with Crippen molar-refractivity contribution in [3.8, 4) is 0 Å². The van der Waals surface area contributed by atoms with Crippen molar-refractivity contribution in [1.29, 1.82) is 0 Å². The number of benzene rings is 2. The van der Waals surface area contributed by atoms with E-state index < -0.39 is 17.8 Å². The molecule has 5 rings (SSSR count). The number of imidazole rings is 1. The van der Waals surface area contributed by atoms with Crippen LogP contribution in [-0.2, 0) is 33.9 Å². The molecule has 0 saturated heterocycles. The normalized spacial score (nSPS) is 17.5. The lowest BCUT2D eigenvalue weighted by Crippen LogP contribution is -2.38. The number of carbonyl (C=O) groups excluding carboxylic acids is 1. The van der Waals surface area contributed by atoms with Crippen LogP contribution in [0.25, 0.3) is 11.3 Å². The Hall–Kier alpha value is -3.98. The van der Waals surface area contributed by atoms with Crippen LogP contribution in [0.2, 0.25) is 0 Å². The molecule has 1 aromatic heterocycles. The highest BCUT2D eigenvalue weighted by molar-refractivity contribution is 6.36. The van der Waals surface area contributed by atoms with Crippen molar-refractivity contribution in [2.75, 3.05) is 5.32 Å². The number of ether oxygens (including phenoxy) is 1. The third-order valence-electron chi connectivity index (χ3n) is 5.57. The zero-order valence-electron chi connectivity index (χ0n) is 16.8. The number of fused-ring (bicyclic) bond motifs is 2. The molecule has 162 valence electrons. The Bertz CT molecular complexity index is 1250. The minimum Gasteiger partial charge on any atom is -0.487 e. The molecule has 1 atom stereocenters. The van der Waals surface area contributed by atoms with Crippen LogP contribution in [-0.4, -0.2) is 33.0 Å². The molecule has 1 amide bonds. The van der Waals surface area contributed by atoms with Gasteiger partial charge in [-0.05, 0) is 23.8 Å². The monoisotopic (exact) mass is 434 g/mol. The first-order valence-electron chi connectivity index (χ1n) is 10.0. The number of anilines is 1. The summed E-state index contributed by atoms with van der Waals surface area (Å²) in [5.74, 6) is -1.29. The van der Waals surface area contributed by atoms with E-state index in [9.17, 15) is 19.1 Å². The van der Waals surface area contributed by atoms with E-state index in [0.29, 0.717) is 29.1 Å². The summed E-state index contributed by atoms with van der Waals surface area (Å²) >= 11 is 0. The van der Waals surface area contributed by atoms with Crippen LogP contribution in [0.3, 0.4) is 0 Å². The van der Waals surface area contributed by atoms with E-state index >= 15 is 0 Å². The van der Waals surface area contributed by atoms with Gasteiger partial charge in [0.05, 0.1) is 11.9 Å². The van der Waals surface area contributed by atoms with Gasteiger partial charge in [-0.15, -0.1) is 0 Å². The average Bonchev–Trinajstić information content (AvgIpc) is 3.49. The maximum Gasteiger partial charge on any atom is 0.321 e. The molecule has 0 fully saturated rings. The summed E-state index contributed by atoms with van der Waals surface area (Å²) in [6.07, 6.45) is 3.39. The summed E-state index contributed by atoms with van der Waals surface area (Å²) in [6, 6.07) is 9.00. The van der Waals surface area contributed by atoms with Gasteiger partial charge in [0.15, 0.2) is 0 Å². The highest BCUT2D eigenvalue weighted by atomic mass is 19.1. The zero-order chi connectivity index (χ0) is 22.2. The Morgan fingerprint density at radius 1 is 1.25 bits per heavy atom. The maximum absolute atomic E-state index is 13.8. The number of nitrogens with zero attached hydrogens (tertiary/aromatic N) is 1. The molecule has 3 heterocycles. The van der Waals surface area contributed by atoms with Crippen LogP contribution in [0.4, 0.5) is 10.1 Å². The van der Waals surface area contributed by atoms with Crippen LogP contribution in [0.15, 0.2) is 48.9 Å². The average molecular weight is 434 g/mol. The van der Waals surface area contributed by atoms with Gasteiger partial charge in [-0.2, -0.15) is 0 Å². The first kappa shape index (κ1) is 20.0. The third kappa shape index (κ3) is 3.63. The van der Waals surface area contributed by atoms with E-state index in [0.717, 1.165) is 22.4 Å². The van der Waals surface area contributed by atoms with Crippen LogP contribution >= 0.6 is 0 Å². The summed E-state index contributed by atoms with van der Waals surface area (Å²) < 4.78 is 19.6. The number of hydrogen-bond donors (Lipinski definition) is 4. The molecular formula is C23H19FN4O4. The van der Waals surface area contributed by atoms with Gasteiger partial charge in [0, 0.05) is 47.2 Å². The van der Waals surface area contributed by atoms with Gasteiger partial charge in [-0.3, -0.25) is 14.9 Å². The van der Waals surface area contributed by atoms with Crippen molar-refractivity contribution < 1.29 is 23.8 Å². The van der Waals surface area contributed by atoms with Gasteiger partial charge in [0.25, 0.3) is 5.91 Å². The van der Waals surface area contributed by atoms with Crippen LogP contribution in [0.5, 0.6) is 0 Å². The van der Waals surface area contributed by atoms with Gasteiger partial charge in [0.1, 0.15) is 24.2 Å². The predicted octanol–water partition coefficient (Wildman–Crippen LogP) is 2.68. The van der Waals surface area contributed by atoms with Crippen molar-refractivity contribution in [2.24, 2.45) is 0 Å².